The molecule has 0 rings (SSSR count). The Kier molecular flexibility index (Phi) is 22.0. The smallest absolute Gasteiger partial charge is 0.582 e. The maximum absolute atomic E-state index is 9.09. The molecule has 0 heterocycles. The molecule has 9 heavy (non-hydrogen) atoms. The van der Waals surface area contributed by atoms with Gasteiger partial charge in [0, 0.05) is 0 Å². The standard InChI is InChI=1S/CH2O3.Cl2OS.Na/c2-1(3)4;1-4(2)3;/h(H2,2,3,4);;/q;;+1/p-1. The van der Waals surface area contributed by atoms with Crippen molar-refractivity contribution < 1.29 is 49.1 Å². The summed E-state index contributed by atoms with van der Waals surface area (Å²) >= 11 is 0. The van der Waals surface area contributed by atoms with Crippen molar-refractivity contribution in [3.63, 3.8) is 0 Å². The molecule has 0 aliphatic heterocycles. The summed E-state index contributed by atoms with van der Waals surface area (Å²) in [6.45, 7) is 0. The molecule has 50 valence electrons. The molecule has 1 N–H and O–H groups in total. The minimum absolute atomic E-state index is 0. The van der Waals surface area contributed by atoms with Crippen LogP contribution in [0.25, 0.3) is 0 Å². The van der Waals surface area contributed by atoms with Gasteiger partial charge in [0.1, 0.15) is 0 Å². The van der Waals surface area contributed by atoms with Gasteiger partial charge in [-0.25, -0.2) is 0 Å². The van der Waals surface area contributed by atoms with Gasteiger partial charge >= 0.3 is 29.6 Å². The van der Waals surface area contributed by atoms with Gasteiger partial charge in [0.25, 0.3) is 0 Å². The van der Waals surface area contributed by atoms with Gasteiger partial charge in [-0.05, 0) is 0 Å². The number of hydrogen-bond acceptors (Lipinski definition) is 3. The third-order valence-electron chi connectivity index (χ3n) is 0. The van der Waals surface area contributed by atoms with Gasteiger partial charge < -0.3 is 19.6 Å². The van der Waals surface area contributed by atoms with E-state index in [9.17, 15) is 0 Å². The van der Waals surface area contributed by atoms with E-state index in [2.05, 4.69) is 21.4 Å². The Morgan fingerprint density at radius 2 is 1.56 bits per heavy atom. The number of halogens is 2. The third kappa shape index (κ3) is 349. The van der Waals surface area contributed by atoms with Crippen LogP contribution in [-0.4, -0.2) is 15.8 Å². The molecule has 8 heteroatoms. The van der Waals surface area contributed by atoms with Gasteiger partial charge in [0.15, 0.2) is 31.0 Å². The second-order valence-electron chi connectivity index (χ2n) is 0.450. The van der Waals surface area contributed by atoms with Crippen molar-refractivity contribution >= 4 is 37.1 Å². The van der Waals surface area contributed by atoms with Crippen LogP contribution in [0.4, 0.5) is 4.79 Å². The first-order chi connectivity index (χ1) is 3.46. The van der Waals surface area contributed by atoms with Gasteiger partial charge in [-0.2, -0.15) is 0 Å². The summed E-state index contributed by atoms with van der Waals surface area (Å²) in [5, 5.41) is 15.3. The molecule has 0 saturated carbocycles. The van der Waals surface area contributed by atoms with Crippen LogP contribution in [0.2, 0.25) is 0 Å². The molecule has 0 unspecified atom stereocenters. The molecular weight excluding hydrogens is 202 g/mol. The van der Waals surface area contributed by atoms with Crippen molar-refractivity contribution in [2.75, 3.05) is 0 Å². The molecular formula is CHCl2NaO4S. The molecule has 0 saturated heterocycles. The average Bonchev–Trinajstić information content (AvgIpc) is 1.25. The molecule has 0 aromatic carbocycles. The first kappa shape index (κ1) is 16.6. The molecule has 0 aromatic rings. The summed E-state index contributed by atoms with van der Waals surface area (Å²) in [5.41, 5.74) is 0. The summed E-state index contributed by atoms with van der Waals surface area (Å²) in [6.07, 6.45) is -2.08. The van der Waals surface area contributed by atoms with E-state index >= 15 is 0 Å². The van der Waals surface area contributed by atoms with Crippen molar-refractivity contribution in [2.45, 2.75) is 0 Å². The summed E-state index contributed by atoms with van der Waals surface area (Å²) in [5.74, 6) is 0. The number of rotatable bonds is 0. The Labute approximate surface area is 85.6 Å². The molecule has 0 amide bonds. The molecule has 0 spiro atoms. The average molecular weight is 203 g/mol. The molecule has 0 radical (unpaired) electrons. The monoisotopic (exact) mass is 202 g/mol. The van der Waals surface area contributed by atoms with E-state index in [1.165, 1.54) is 0 Å². The Hall–Kier alpha value is 1.16. The van der Waals surface area contributed by atoms with Crippen molar-refractivity contribution in [3.8, 4) is 0 Å². The normalized spacial score (nSPS) is 6.67. The molecule has 0 aliphatic rings. The topological polar surface area (TPSA) is 83.4 Å². The van der Waals surface area contributed by atoms with E-state index in [1.807, 2.05) is 0 Å². The van der Waals surface area contributed by atoms with Crippen LogP contribution >= 0.6 is 21.4 Å². The van der Waals surface area contributed by atoms with E-state index in [0.717, 1.165) is 0 Å². The zero-order chi connectivity index (χ0) is 7.15. The summed E-state index contributed by atoms with van der Waals surface area (Å²) in [7, 11) is 7.36. The van der Waals surface area contributed by atoms with Gasteiger partial charge in [-0.1, -0.05) is 0 Å². The molecule has 0 atom stereocenters. The van der Waals surface area contributed by atoms with Crippen molar-refractivity contribution in [2.24, 2.45) is 0 Å². The quantitative estimate of drug-likeness (QED) is 0.334. The first-order valence-corrected chi connectivity index (χ1v) is 3.91. The zero-order valence-corrected chi connectivity index (χ0v) is 8.66. The van der Waals surface area contributed by atoms with Crippen LogP contribution < -0.4 is 34.7 Å². The van der Waals surface area contributed by atoms with E-state index in [4.69, 9.17) is 19.6 Å². The van der Waals surface area contributed by atoms with Gasteiger partial charge in [-0.3, -0.25) is 0 Å². The largest absolute Gasteiger partial charge is 1.00 e. The maximum Gasteiger partial charge on any atom is 1.00 e. The second-order valence-corrected chi connectivity index (χ2v) is 2.97. The Morgan fingerprint density at radius 3 is 1.56 bits per heavy atom. The summed E-state index contributed by atoms with van der Waals surface area (Å²) in [6, 6.07) is 0. The van der Waals surface area contributed by atoms with E-state index in [1.54, 1.807) is 0 Å². The predicted molar refractivity (Wildman–Crippen MR) is 27.9 cm³/mol. The molecule has 0 aromatic heterocycles. The van der Waals surface area contributed by atoms with Crippen LogP contribution in [0.15, 0.2) is 0 Å². The Bertz CT molecular complexity index is 62.8. The fourth-order valence-corrected chi connectivity index (χ4v) is 0. The summed E-state index contributed by atoms with van der Waals surface area (Å²) in [4.78, 5) is 8.44. The van der Waals surface area contributed by atoms with Gasteiger partial charge in [-0.15, -0.1) is 0 Å². The van der Waals surface area contributed by atoms with E-state index < -0.39 is 15.8 Å². The third-order valence-corrected chi connectivity index (χ3v) is 0. The fourth-order valence-electron chi connectivity index (χ4n) is 0. The maximum atomic E-state index is 9.09. The van der Waals surface area contributed by atoms with Crippen molar-refractivity contribution in [1.29, 1.82) is 0 Å². The predicted octanol–water partition coefficient (Wildman–Crippen LogP) is -3.07. The molecule has 0 bridgehead atoms. The number of carbonyl (C=O) groups is 1. The van der Waals surface area contributed by atoms with Gasteiger partial charge in [0.05, 0.1) is 0 Å². The van der Waals surface area contributed by atoms with E-state index in [0.29, 0.717) is 0 Å². The van der Waals surface area contributed by atoms with Crippen molar-refractivity contribution in [3.05, 3.63) is 0 Å². The number of carboxylic acid groups (broad SMARTS) is 2. The second kappa shape index (κ2) is 11.9. The Balaban J connectivity index is -0.0000000720. The van der Waals surface area contributed by atoms with Crippen LogP contribution in [0.5, 0.6) is 0 Å². The summed E-state index contributed by atoms with van der Waals surface area (Å²) < 4.78 is 9.09. The SMILES string of the molecule is O=C([O-])O.[Na+].[O-][S+](Cl)Cl. The van der Waals surface area contributed by atoms with Crippen LogP contribution in [0, 0.1) is 0 Å². The first-order valence-electron chi connectivity index (χ1n) is 1.11. The zero-order valence-electron chi connectivity index (χ0n) is 4.34. The fraction of sp³-hybridized carbons (Fsp3) is 0. The minimum atomic E-state index is -2.08. The van der Waals surface area contributed by atoms with Crippen molar-refractivity contribution in [1.82, 2.24) is 0 Å². The Morgan fingerprint density at radius 1 is 1.56 bits per heavy atom. The molecule has 0 aliphatic carbocycles. The van der Waals surface area contributed by atoms with Crippen LogP contribution in [0.3, 0.4) is 0 Å². The van der Waals surface area contributed by atoms with Gasteiger partial charge in [0.2, 0.25) is 6.16 Å². The minimum Gasteiger partial charge on any atom is -0.582 e. The van der Waals surface area contributed by atoms with E-state index in [-0.39, 0.29) is 29.6 Å². The van der Waals surface area contributed by atoms with Crippen LogP contribution in [-0.2, 0) is 9.60 Å². The number of hydrogen-bond donors (Lipinski definition) is 1. The molecule has 0 fully saturated rings. The molecule has 4 nitrogen and oxygen atoms in total. The van der Waals surface area contributed by atoms with Crippen LogP contribution in [0.1, 0.15) is 0 Å².